The van der Waals surface area contributed by atoms with Crippen molar-refractivity contribution in [2.45, 2.75) is 13.2 Å². The first kappa shape index (κ1) is 18.1. The largest absolute Gasteiger partial charge is 0.472 e. The van der Waals surface area contributed by atoms with Crippen LogP contribution in [0.25, 0.3) is 11.6 Å². The van der Waals surface area contributed by atoms with Crippen LogP contribution >= 0.6 is 7.82 Å². The molecule has 0 aliphatic heterocycles. The first-order valence-corrected chi connectivity index (χ1v) is 8.65. The van der Waals surface area contributed by atoms with E-state index in [0.29, 0.717) is 5.56 Å². The Hall–Kier alpha value is -2.24. The van der Waals surface area contributed by atoms with E-state index < -0.39 is 20.1 Å². The number of phosphoric ester groups is 1. The fraction of sp³-hybridized carbons (Fsp3) is 0.118. The third-order valence-electron chi connectivity index (χ3n) is 2.97. The van der Waals surface area contributed by atoms with Crippen molar-refractivity contribution in [2.75, 3.05) is 0 Å². The molecule has 2 N–H and O–H groups in total. The van der Waals surface area contributed by atoms with E-state index >= 15 is 0 Å². The first-order chi connectivity index (χ1) is 11.3. The van der Waals surface area contributed by atoms with E-state index in [4.69, 9.17) is 14.5 Å². The van der Waals surface area contributed by atoms with E-state index in [1.54, 1.807) is 30.3 Å². The summed E-state index contributed by atoms with van der Waals surface area (Å²) >= 11 is 0. The van der Waals surface area contributed by atoms with Crippen LogP contribution in [0.2, 0.25) is 0 Å². The maximum atomic E-state index is 12.4. The number of esters is 1. The van der Waals surface area contributed by atoms with Crippen LogP contribution in [0.3, 0.4) is 0 Å². The summed E-state index contributed by atoms with van der Waals surface area (Å²) in [6, 6.07) is 18.0. The predicted octanol–water partition coefficient (Wildman–Crippen LogP) is 3.23. The molecule has 0 fully saturated rings. The summed E-state index contributed by atoms with van der Waals surface area (Å²) in [5, 5.41) is 0. The molecule has 6 nitrogen and oxygen atoms in total. The molecule has 0 radical (unpaired) electrons. The van der Waals surface area contributed by atoms with Gasteiger partial charge in [-0.3, -0.25) is 0 Å². The smallest absolute Gasteiger partial charge is 0.432 e. The van der Waals surface area contributed by atoms with Gasteiger partial charge in [0.1, 0.15) is 0 Å². The summed E-state index contributed by atoms with van der Waals surface area (Å²) in [5.74, 6) is -0.744. The Morgan fingerprint density at radius 3 is 2.12 bits per heavy atom. The molecule has 0 saturated carbocycles. The van der Waals surface area contributed by atoms with Gasteiger partial charge in [0.15, 0.2) is 0 Å². The van der Waals surface area contributed by atoms with Gasteiger partial charge in [0.25, 0.3) is 0 Å². The highest BCUT2D eigenvalue weighted by Crippen LogP contribution is 2.38. The molecule has 0 saturated heterocycles. The lowest BCUT2D eigenvalue weighted by atomic mass is 10.0. The summed E-state index contributed by atoms with van der Waals surface area (Å²) in [6.45, 7) is 1.24. The SMILES string of the molecule is CC(OC(=O)C(=Cc1ccccc1)c1ccccc1)OP(=O)(O)O. The van der Waals surface area contributed by atoms with Gasteiger partial charge in [0.05, 0.1) is 5.57 Å². The third kappa shape index (κ3) is 5.76. The van der Waals surface area contributed by atoms with E-state index in [0.717, 1.165) is 5.56 Å². The molecular weight excluding hydrogens is 331 g/mol. The van der Waals surface area contributed by atoms with Crippen LogP contribution < -0.4 is 0 Å². The van der Waals surface area contributed by atoms with Gasteiger partial charge in [0, 0.05) is 0 Å². The number of hydrogen-bond donors (Lipinski definition) is 2. The Labute approximate surface area is 139 Å². The molecule has 2 aromatic carbocycles. The minimum atomic E-state index is -4.74. The summed E-state index contributed by atoms with van der Waals surface area (Å²) in [7, 11) is -4.74. The average molecular weight is 348 g/mol. The topological polar surface area (TPSA) is 93.1 Å². The lowest BCUT2D eigenvalue weighted by Crippen LogP contribution is -2.18. The second kappa shape index (κ2) is 8.04. The van der Waals surface area contributed by atoms with Gasteiger partial charge in [-0.2, -0.15) is 0 Å². The van der Waals surface area contributed by atoms with Gasteiger partial charge in [-0.25, -0.2) is 13.9 Å². The first-order valence-electron chi connectivity index (χ1n) is 7.12. The van der Waals surface area contributed by atoms with Crippen molar-refractivity contribution in [3.8, 4) is 0 Å². The number of rotatable bonds is 6. The summed E-state index contributed by atoms with van der Waals surface area (Å²) < 4.78 is 20.2. The molecule has 2 rings (SSSR count). The Bertz CT molecular complexity index is 751. The molecule has 2 aromatic rings. The van der Waals surface area contributed by atoms with Crippen LogP contribution in [0, 0.1) is 0 Å². The number of carbonyl (C=O) groups is 1. The van der Waals surface area contributed by atoms with Crippen LogP contribution in [0.5, 0.6) is 0 Å². The van der Waals surface area contributed by atoms with E-state index in [9.17, 15) is 9.36 Å². The maximum absolute atomic E-state index is 12.4. The minimum Gasteiger partial charge on any atom is -0.432 e. The van der Waals surface area contributed by atoms with Crippen LogP contribution in [0.4, 0.5) is 0 Å². The third-order valence-corrected chi connectivity index (χ3v) is 3.55. The molecule has 0 aliphatic rings. The second-order valence-electron chi connectivity index (χ2n) is 4.90. The van der Waals surface area contributed by atoms with E-state index in [2.05, 4.69) is 4.52 Å². The number of hydrogen-bond acceptors (Lipinski definition) is 4. The number of carbonyl (C=O) groups excluding carboxylic acids is 1. The minimum absolute atomic E-state index is 0.253. The highest BCUT2D eigenvalue weighted by Gasteiger charge is 2.23. The Morgan fingerprint density at radius 2 is 1.58 bits per heavy atom. The quantitative estimate of drug-likeness (QED) is 0.274. The van der Waals surface area contributed by atoms with Gasteiger partial charge in [0.2, 0.25) is 6.29 Å². The van der Waals surface area contributed by atoms with Gasteiger partial charge in [-0.1, -0.05) is 60.7 Å². The van der Waals surface area contributed by atoms with Crippen molar-refractivity contribution in [3.63, 3.8) is 0 Å². The summed E-state index contributed by atoms with van der Waals surface area (Å²) in [5.41, 5.74) is 1.66. The van der Waals surface area contributed by atoms with Crippen LogP contribution in [0.15, 0.2) is 60.7 Å². The molecule has 24 heavy (non-hydrogen) atoms. The molecule has 1 atom stereocenters. The van der Waals surface area contributed by atoms with Gasteiger partial charge >= 0.3 is 13.8 Å². The summed E-state index contributed by atoms with van der Waals surface area (Å²) in [6.07, 6.45) is 0.253. The van der Waals surface area contributed by atoms with Gasteiger partial charge in [-0.05, 0) is 24.1 Å². The zero-order valence-corrected chi connectivity index (χ0v) is 13.8. The Morgan fingerprint density at radius 1 is 1.04 bits per heavy atom. The number of phosphoric acid groups is 1. The normalized spacial score (nSPS) is 13.4. The monoisotopic (exact) mass is 348 g/mol. The van der Waals surface area contributed by atoms with Crippen LogP contribution in [-0.4, -0.2) is 22.0 Å². The maximum Gasteiger partial charge on any atom is 0.472 e. The molecule has 126 valence electrons. The van der Waals surface area contributed by atoms with E-state index in [1.165, 1.54) is 6.92 Å². The molecule has 0 aliphatic carbocycles. The van der Waals surface area contributed by atoms with Crippen molar-refractivity contribution >= 4 is 25.4 Å². The lowest BCUT2D eigenvalue weighted by molar-refractivity contribution is -0.155. The number of ether oxygens (including phenoxy) is 1. The highest BCUT2D eigenvalue weighted by molar-refractivity contribution is 7.46. The van der Waals surface area contributed by atoms with Crippen molar-refractivity contribution in [3.05, 3.63) is 71.8 Å². The number of benzene rings is 2. The predicted molar refractivity (Wildman–Crippen MR) is 89.4 cm³/mol. The van der Waals surface area contributed by atoms with E-state index in [1.807, 2.05) is 36.4 Å². The standard InChI is InChI=1S/C17H17O6P/c1-13(23-24(19,20)21)22-17(18)16(15-10-6-3-7-11-15)12-14-8-4-2-5-9-14/h2-13H,1H3,(H2,19,20,21). The molecular formula is C17H17O6P. The molecule has 0 amide bonds. The summed E-state index contributed by atoms with van der Waals surface area (Å²) in [4.78, 5) is 30.0. The average Bonchev–Trinajstić information content (AvgIpc) is 2.52. The van der Waals surface area contributed by atoms with Gasteiger partial charge in [-0.15, -0.1) is 0 Å². The molecule has 0 aromatic heterocycles. The van der Waals surface area contributed by atoms with Crippen molar-refractivity contribution in [2.24, 2.45) is 0 Å². The van der Waals surface area contributed by atoms with Crippen molar-refractivity contribution < 1.29 is 28.4 Å². The second-order valence-corrected chi connectivity index (χ2v) is 6.10. The molecule has 7 heteroatoms. The zero-order valence-electron chi connectivity index (χ0n) is 12.9. The molecule has 0 spiro atoms. The molecule has 0 heterocycles. The Balaban J connectivity index is 2.28. The lowest BCUT2D eigenvalue weighted by Gasteiger charge is -2.16. The fourth-order valence-corrected chi connectivity index (χ4v) is 2.45. The molecule has 1 unspecified atom stereocenters. The van der Waals surface area contributed by atoms with Gasteiger partial charge < -0.3 is 14.5 Å². The highest BCUT2D eigenvalue weighted by atomic mass is 31.2. The Kier molecular flexibility index (Phi) is 6.06. The van der Waals surface area contributed by atoms with E-state index in [-0.39, 0.29) is 5.57 Å². The van der Waals surface area contributed by atoms with Crippen LogP contribution in [0.1, 0.15) is 18.1 Å². The zero-order chi connectivity index (χ0) is 17.6. The van der Waals surface area contributed by atoms with Crippen molar-refractivity contribution in [1.29, 1.82) is 0 Å². The fourth-order valence-electron chi connectivity index (χ4n) is 2.02. The van der Waals surface area contributed by atoms with Crippen molar-refractivity contribution in [1.82, 2.24) is 0 Å². The van der Waals surface area contributed by atoms with Crippen LogP contribution in [-0.2, 0) is 18.6 Å². The molecule has 0 bridgehead atoms.